The summed E-state index contributed by atoms with van der Waals surface area (Å²) >= 11 is 0. The first kappa shape index (κ1) is 29.6. The second kappa shape index (κ2) is 12.0. The first-order valence-corrected chi connectivity index (χ1v) is 13.7. The average Bonchev–Trinajstić information content (AvgIpc) is 3.08. The van der Waals surface area contributed by atoms with Crippen LogP contribution in [0.1, 0.15) is 55.4 Å². The average molecular weight is 556 g/mol. The Morgan fingerprint density at radius 3 is 2.50 bits per heavy atom. The van der Waals surface area contributed by atoms with Crippen LogP contribution in [-0.2, 0) is 17.6 Å². The highest BCUT2D eigenvalue weighted by Gasteiger charge is 2.44. The van der Waals surface area contributed by atoms with Crippen LogP contribution in [0.2, 0.25) is 0 Å². The molecule has 2 atom stereocenters. The number of allylic oxidation sites excluding steroid dienone is 3. The number of rotatable bonds is 9. The van der Waals surface area contributed by atoms with Gasteiger partial charge in [0, 0.05) is 25.5 Å². The molecule has 40 heavy (non-hydrogen) atoms. The summed E-state index contributed by atoms with van der Waals surface area (Å²) in [6.07, 6.45) is 1.72. The summed E-state index contributed by atoms with van der Waals surface area (Å²) in [5, 5.41) is 6.08. The minimum absolute atomic E-state index is 0.00852. The van der Waals surface area contributed by atoms with E-state index in [-0.39, 0.29) is 24.0 Å². The van der Waals surface area contributed by atoms with E-state index in [4.69, 9.17) is 0 Å². The fourth-order valence-electron chi connectivity index (χ4n) is 6.22. The lowest BCUT2D eigenvalue weighted by molar-refractivity contribution is -0.126. The highest BCUT2D eigenvalue weighted by molar-refractivity contribution is 5.79. The minimum atomic E-state index is -4.32. The number of hydrogen-bond donors (Lipinski definition) is 2. The molecule has 0 unspecified atom stereocenters. The van der Waals surface area contributed by atoms with E-state index in [9.17, 15) is 22.4 Å². The van der Waals surface area contributed by atoms with E-state index in [1.807, 2.05) is 13.1 Å². The Morgan fingerprint density at radius 2 is 1.88 bits per heavy atom. The Hall–Kier alpha value is -3.39. The summed E-state index contributed by atoms with van der Waals surface area (Å²) < 4.78 is 52.5. The number of fused-ring (bicyclic) bond motifs is 1. The number of nitrogens with zero attached hydrogens (tertiary/aromatic N) is 1. The third kappa shape index (κ3) is 6.33. The maximum Gasteiger partial charge on any atom is 0.401 e. The molecule has 2 N–H and O–H groups in total. The molecule has 0 saturated carbocycles. The van der Waals surface area contributed by atoms with Crippen LogP contribution in [0, 0.1) is 11.7 Å². The molecular weight excluding hydrogens is 518 g/mol. The van der Waals surface area contributed by atoms with Gasteiger partial charge in [-0.05, 0) is 90.1 Å². The molecule has 0 bridgehead atoms. The topological polar surface area (TPSA) is 44.4 Å². The van der Waals surface area contributed by atoms with Crippen molar-refractivity contribution in [1.29, 1.82) is 0 Å². The predicted molar refractivity (Wildman–Crippen MR) is 152 cm³/mol. The number of carbonyl (C=O) groups excluding carboxylic acids is 1. The molecule has 0 fully saturated rings. The van der Waals surface area contributed by atoms with Gasteiger partial charge in [-0.3, -0.25) is 4.79 Å². The maximum absolute atomic E-state index is 13.4. The van der Waals surface area contributed by atoms with Gasteiger partial charge in [0.2, 0.25) is 0 Å². The van der Waals surface area contributed by atoms with Gasteiger partial charge < -0.3 is 15.5 Å². The van der Waals surface area contributed by atoms with Crippen LogP contribution < -0.4 is 10.6 Å². The van der Waals surface area contributed by atoms with Crippen LogP contribution in [0.25, 0.3) is 11.3 Å². The van der Waals surface area contributed by atoms with Crippen molar-refractivity contribution in [2.75, 3.05) is 20.1 Å². The highest BCUT2D eigenvalue weighted by atomic mass is 19.4. The van der Waals surface area contributed by atoms with Gasteiger partial charge in [-0.25, -0.2) is 4.39 Å². The number of aldehydes is 1. The quantitative estimate of drug-likeness (QED) is 0.158. The lowest BCUT2D eigenvalue weighted by Gasteiger charge is -2.48. The zero-order valence-electron chi connectivity index (χ0n) is 23.3. The first-order chi connectivity index (χ1) is 19.0. The Morgan fingerprint density at radius 1 is 1.18 bits per heavy atom. The number of carbonyl (C=O) groups is 1. The number of benzene rings is 2. The van der Waals surface area contributed by atoms with Gasteiger partial charge in [-0.1, -0.05) is 44.2 Å². The SMILES string of the molecule is C=C(C=O)N(C)[C@]1(CNCC(F)(F)F)CCc2ccc(C3=C(C)CC(c4ccc(F)cc4)=CN3)cc2C[C@H]1CC. The summed E-state index contributed by atoms with van der Waals surface area (Å²) in [5.74, 6) is -0.274. The summed E-state index contributed by atoms with van der Waals surface area (Å²) in [6.45, 7) is 7.02. The van der Waals surface area contributed by atoms with E-state index < -0.39 is 18.3 Å². The van der Waals surface area contributed by atoms with E-state index >= 15 is 0 Å². The molecule has 0 spiro atoms. The van der Waals surface area contributed by atoms with Crippen LogP contribution in [0.5, 0.6) is 0 Å². The van der Waals surface area contributed by atoms with Crippen LogP contribution in [0.4, 0.5) is 17.6 Å². The lowest BCUT2D eigenvalue weighted by Crippen LogP contribution is -2.58. The normalized spacial score (nSPS) is 21.2. The third-order valence-electron chi connectivity index (χ3n) is 8.52. The van der Waals surface area contributed by atoms with E-state index in [1.165, 1.54) is 23.3 Å². The molecule has 1 aliphatic heterocycles. The molecule has 4 rings (SSSR count). The number of likely N-dealkylation sites (N-methyl/N-ethyl adjacent to an activating group) is 1. The number of alkyl halides is 3. The Balaban J connectivity index is 1.61. The van der Waals surface area contributed by atoms with Crippen molar-refractivity contribution in [3.63, 3.8) is 0 Å². The fraction of sp³-hybridized carbons (Fsp3) is 0.406. The van der Waals surface area contributed by atoms with Gasteiger partial charge in [0.15, 0.2) is 6.29 Å². The van der Waals surface area contributed by atoms with Gasteiger partial charge in [0.1, 0.15) is 5.82 Å². The van der Waals surface area contributed by atoms with Crippen LogP contribution in [0.15, 0.2) is 66.5 Å². The second-order valence-electron chi connectivity index (χ2n) is 10.9. The van der Waals surface area contributed by atoms with Gasteiger partial charge in [0.25, 0.3) is 0 Å². The molecule has 2 aromatic rings. The molecular formula is C32H37F4N3O. The number of nitrogens with one attached hydrogen (secondary N) is 2. The molecule has 214 valence electrons. The zero-order valence-corrected chi connectivity index (χ0v) is 23.3. The molecule has 4 nitrogen and oxygen atoms in total. The van der Waals surface area contributed by atoms with Crippen LogP contribution >= 0.6 is 0 Å². The number of dihydropyridines is 1. The second-order valence-corrected chi connectivity index (χ2v) is 10.9. The summed E-state index contributed by atoms with van der Waals surface area (Å²) in [4.78, 5) is 13.5. The third-order valence-corrected chi connectivity index (χ3v) is 8.52. The summed E-state index contributed by atoms with van der Waals surface area (Å²) in [5.41, 5.74) is 7.18. The van der Waals surface area contributed by atoms with E-state index in [0.29, 0.717) is 25.5 Å². The van der Waals surface area contributed by atoms with Crippen molar-refractivity contribution >= 4 is 17.6 Å². The number of halogens is 4. The maximum atomic E-state index is 13.4. The van der Waals surface area contributed by atoms with Crippen molar-refractivity contribution in [1.82, 2.24) is 15.5 Å². The molecule has 1 aliphatic carbocycles. The molecule has 2 aromatic carbocycles. The van der Waals surface area contributed by atoms with Gasteiger partial charge >= 0.3 is 6.18 Å². The summed E-state index contributed by atoms with van der Waals surface area (Å²) in [6, 6.07) is 12.9. The number of hydrogen-bond acceptors (Lipinski definition) is 4. The lowest BCUT2D eigenvalue weighted by atomic mass is 9.75. The van der Waals surface area contributed by atoms with Crippen LogP contribution in [0.3, 0.4) is 0 Å². The van der Waals surface area contributed by atoms with Crippen molar-refractivity contribution in [3.8, 4) is 0 Å². The van der Waals surface area contributed by atoms with Gasteiger partial charge in [-0.15, -0.1) is 0 Å². The minimum Gasteiger partial charge on any atom is -0.365 e. The highest BCUT2D eigenvalue weighted by Crippen LogP contribution is 2.40. The van der Waals surface area contributed by atoms with Gasteiger partial charge in [0.05, 0.1) is 17.8 Å². The van der Waals surface area contributed by atoms with E-state index in [2.05, 4.69) is 42.3 Å². The zero-order chi connectivity index (χ0) is 29.1. The Labute approximate surface area is 233 Å². The molecule has 2 aliphatic rings. The molecule has 8 heteroatoms. The van der Waals surface area contributed by atoms with Crippen molar-refractivity contribution in [2.45, 2.75) is 57.7 Å². The Kier molecular flexibility index (Phi) is 8.88. The van der Waals surface area contributed by atoms with E-state index in [1.54, 1.807) is 24.1 Å². The standard InChI is InChI=1S/C32H37F4N3O/c1-5-28-16-26-15-25(30-21(2)14-27(17-38-30)23-8-10-29(33)11-9-23)7-6-24(26)12-13-31(28,39(4)22(3)18-40)19-37-20-32(34,35)36/h6-11,15,17-18,28,37-38H,3,5,12-14,16,19-20H2,1-2,4H3/t28-,31+/m1/s1. The predicted octanol–water partition coefficient (Wildman–Crippen LogP) is 6.64. The molecule has 0 saturated heterocycles. The number of aryl methyl sites for hydroxylation is 1. The van der Waals surface area contributed by atoms with Crippen molar-refractivity contribution in [3.05, 3.63) is 94.6 Å². The Bertz CT molecular complexity index is 1310. The monoisotopic (exact) mass is 555 g/mol. The molecule has 1 heterocycles. The van der Waals surface area contributed by atoms with Crippen molar-refractivity contribution < 1.29 is 22.4 Å². The van der Waals surface area contributed by atoms with Crippen LogP contribution in [-0.4, -0.2) is 43.0 Å². The van der Waals surface area contributed by atoms with Crippen molar-refractivity contribution in [2.24, 2.45) is 5.92 Å². The summed E-state index contributed by atoms with van der Waals surface area (Å²) in [7, 11) is 1.77. The fourth-order valence-corrected chi connectivity index (χ4v) is 6.22. The van der Waals surface area contributed by atoms with E-state index in [0.717, 1.165) is 40.8 Å². The smallest absolute Gasteiger partial charge is 0.365 e. The van der Waals surface area contributed by atoms with Gasteiger partial charge in [-0.2, -0.15) is 13.2 Å². The molecule has 0 aromatic heterocycles. The molecule has 0 radical (unpaired) electrons. The largest absolute Gasteiger partial charge is 0.401 e. The first-order valence-electron chi connectivity index (χ1n) is 13.7. The molecule has 0 amide bonds.